The van der Waals surface area contributed by atoms with Gasteiger partial charge in [0.1, 0.15) is 6.10 Å². The van der Waals surface area contributed by atoms with Crippen molar-refractivity contribution in [1.82, 2.24) is 5.32 Å². The number of aliphatic hydroxyl groups excluding tert-OH is 1. The van der Waals surface area contributed by atoms with Crippen LogP contribution < -0.4 is 5.32 Å². The average molecular weight is 376 g/mol. The lowest BCUT2D eigenvalue weighted by molar-refractivity contribution is 0.00578. The maximum Gasteiger partial charge on any atom is 0.108 e. The van der Waals surface area contributed by atoms with E-state index in [2.05, 4.69) is 67.7 Å². The fraction of sp³-hybridized carbons (Fsp3) is 0.280. The minimum Gasteiger partial charge on any atom is -0.389 e. The molecule has 3 aromatic rings. The molecule has 3 rings (SSSR count). The van der Waals surface area contributed by atoms with E-state index in [-0.39, 0.29) is 18.8 Å². The van der Waals surface area contributed by atoms with Gasteiger partial charge in [0.25, 0.3) is 0 Å². The first-order valence-electron chi connectivity index (χ1n) is 9.83. The van der Waals surface area contributed by atoms with Gasteiger partial charge in [-0.1, -0.05) is 90.5 Å². The molecule has 146 valence electrons. The number of aliphatic hydroxyl groups is 1. The van der Waals surface area contributed by atoms with Crippen LogP contribution in [-0.2, 0) is 4.74 Å². The molecule has 28 heavy (non-hydrogen) atoms. The lowest BCUT2D eigenvalue weighted by Crippen LogP contribution is -2.32. The summed E-state index contributed by atoms with van der Waals surface area (Å²) in [5, 5.41) is 13.8. The van der Waals surface area contributed by atoms with Crippen LogP contribution in [0.2, 0.25) is 0 Å². The van der Waals surface area contributed by atoms with Gasteiger partial charge in [-0.25, -0.2) is 0 Å². The van der Waals surface area contributed by atoms with E-state index in [1.54, 1.807) is 0 Å². The number of hydrogen-bond donors (Lipinski definition) is 2. The Labute approximate surface area is 168 Å². The summed E-state index contributed by atoms with van der Waals surface area (Å²) in [5.41, 5.74) is 4.60. The van der Waals surface area contributed by atoms with Crippen molar-refractivity contribution in [2.75, 3.05) is 13.2 Å². The van der Waals surface area contributed by atoms with Crippen LogP contribution >= 0.6 is 0 Å². The van der Waals surface area contributed by atoms with Crippen LogP contribution in [0.15, 0.2) is 84.9 Å². The van der Waals surface area contributed by atoms with Crippen molar-refractivity contribution in [2.45, 2.75) is 32.1 Å². The zero-order valence-electron chi connectivity index (χ0n) is 16.6. The summed E-state index contributed by atoms with van der Waals surface area (Å²) in [5.74, 6) is 0. The van der Waals surface area contributed by atoms with Gasteiger partial charge in [-0.15, -0.1) is 0 Å². The normalized spacial score (nSPS) is 14.4. The van der Waals surface area contributed by atoms with Crippen molar-refractivity contribution >= 4 is 0 Å². The van der Waals surface area contributed by atoms with Gasteiger partial charge in [0, 0.05) is 12.6 Å². The molecule has 0 aliphatic rings. The first-order chi connectivity index (χ1) is 13.6. The Balaban J connectivity index is 1.59. The average Bonchev–Trinajstić information content (AvgIpc) is 2.75. The molecule has 0 saturated heterocycles. The Morgan fingerprint density at radius 1 is 0.786 bits per heavy atom. The molecule has 0 aliphatic carbocycles. The minimum absolute atomic E-state index is 0.179. The van der Waals surface area contributed by atoms with E-state index in [1.165, 1.54) is 11.1 Å². The van der Waals surface area contributed by atoms with Crippen molar-refractivity contribution in [3.05, 3.63) is 107 Å². The van der Waals surface area contributed by atoms with Gasteiger partial charge in [-0.2, -0.15) is 0 Å². The highest BCUT2D eigenvalue weighted by Crippen LogP contribution is 2.26. The van der Waals surface area contributed by atoms with Gasteiger partial charge in [-0.05, 0) is 30.5 Å². The van der Waals surface area contributed by atoms with E-state index in [0.29, 0.717) is 6.54 Å². The highest BCUT2D eigenvalue weighted by Gasteiger charge is 2.17. The maximum absolute atomic E-state index is 10.4. The highest BCUT2D eigenvalue weighted by atomic mass is 16.5. The van der Waals surface area contributed by atoms with Gasteiger partial charge in [0.15, 0.2) is 0 Å². The van der Waals surface area contributed by atoms with Crippen LogP contribution in [0.3, 0.4) is 0 Å². The predicted molar refractivity (Wildman–Crippen MR) is 114 cm³/mol. The number of aryl methyl sites for hydroxylation is 1. The summed E-state index contributed by atoms with van der Waals surface area (Å²) >= 11 is 0. The summed E-state index contributed by atoms with van der Waals surface area (Å²) in [6.07, 6.45) is -0.772. The van der Waals surface area contributed by atoms with E-state index in [0.717, 1.165) is 11.1 Å². The molecule has 0 heterocycles. The molecule has 0 amide bonds. The molecule has 3 atom stereocenters. The molecule has 0 unspecified atom stereocenters. The summed E-state index contributed by atoms with van der Waals surface area (Å²) in [4.78, 5) is 0. The number of nitrogens with one attached hydrogen (secondary N) is 1. The molecule has 2 N–H and O–H groups in total. The van der Waals surface area contributed by atoms with E-state index in [4.69, 9.17) is 4.74 Å². The zero-order chi connectivity index (χ0) is 19.8. The van der Waals surface area contributed by atoms with Crippen molar-refractivity contribution < 1.29 is 9.84 Å². The third-order valence-corrected chi connectivity index (χ3v) is 4.90. The van der Waals surface area contributed by atoms with Gasteiger partial charge < -0.3 is 15.2 Å². The highest BCUT2D eigenvalue weighted by molar-refractivity contribution is 5.31. The molecule has 0 aromatic heterocycles. The first-order valence-corrected chi connectivity index (χ1v) is 9.83. The quantitative estimate of drug-likeness (QED) is 0.564. The SMILES string of the molecule is Cc1ccc([C@H](OC[C@H](O)CN[C@@H](C)c2ccccc2)c2ccccc2)cc1. The van der Waals surface area contributed by atoms with Crippen molar-refractivity contribution in [2.24, 2.45) is 0 Å². The lowest BCUT2D eigenvalue weighted by atomic mass is 10.0. The number of hydrogen-bond acceptors (Lipinski definition) is 3. The molecular formula is C25H29NO2. The molecule has 3 heteroatoms. The second kappa shape index (κ2) is 10.2. The smallest absolute Gasteiger partial charge is 0.108 e. The van der Waals surface area contributed by atoms with Crippen molar-refractivity contribution in [1.29, 1.82) is 0 Å². The molecule has 0 saturated carbocycles. The molecular weight excluding hydrogens is 346 g/mol. The van der Waals surface area contributed by atoms with Crippen LogP contribution in [-0.4, -0.2) is 24.4 Å². The van der Waals surface area contributed by atoms with E-state index in [1.807, 2.05) is 36.4 Å². The molecule has 0 radical (unpaired) electrons. The summed E-state index contributed by atoms with van der Waals surface area (Å²) in [6.45, 7) is 4.92. The summed E-state index contributed by atoms with van der Waals surface area (Å²) in [7, 11) is 0. The fourth-order valence-corrected chi connectivity index (χ4v) is 3.19. The number of rotatable bonds is 9. The van der Waals surface area contributed by atoms with Crippen LogP contribution in [0.1, 0.15) is 41.3 Å². The third-order valence-electron chi connectivity index (χ3n) is 4.90. The minimum atomic E-state index is -0.581. The summed E-state index contributed by atoms with van der Waals surface area (Å²) < 4.78 is 6.16. The van der Waals surface area contributed by atoms with Crippen molar-refractivity contribution in [3.63, 3.8) is 0 Å². The largest absolute Gasteiger partial charge is 0.389 e. The summed E-state index contributed by atoms with van der Waals surface area (Å²) in [6, 6.07) is 28.9. The van der Waals surface area contributed by atoms with E-state index in [9.17, 15) is 5.11 Å². The topological polar surface area (TPSA) is 41.5 Å². The van der Waals surface area contributed by atoms with E-state index < -0.39 is 6.10 Å². The predicted octanol–water partition coefficient (Wildman–Crippen LogP) is 4.81. The van der Waals surface area contributed by atoms with Crippen LogP contribution in [0, 0.1) is 6.92 Å². The van der Waals surface area contributed by atoms with Gasteiger partial charge >= 0.3 is 0 Å². The molecule has 0 aliphatic heterocycles. The Kier molecular flexibility index (Phi) is 7.38. The first kappa shape index (κ1) is 20.3. The number of ether oxygens (including phenoxy) is 1. The van der Waals surface area contributed by atoms with Crippen molar-refractivity contribution in [3.8, 4) is 0 Å². The Hall–Kier alpha value is -2.46. The zero-order valence-corrected chi connectivity index (χ0v) is 16.6. The van der Waals surface area contributed by atoms with Gasteiger partial charge in [0.05, 0.1) is 12.7 Å². The lowest BCUT2D eigenvalue weighted by Gasteiger charge is -2.22. The Morgan fingerprint density at radius 3 is 1.93 bits per heavy atom. The molecule has 3 aromatic carbocycles. The standard InChI is InChI=1S/C25H29NO2/c1-19-13-15-23(16-14-19)25(22-11-7-4-8-12-22)28-18-24(27)17-26-20(2)21-9-5-3-6-10-21/h3-16,20,24-27H,17-18H2,1-2H3/t20-,24+,25+/m0/s1. The second-order valence-electron chi connectivity index (χ2n) is 7.23. The second-order valence-corrected chi connectivity index (χ2v) is 7.23. The molecule has 0 spiro atoms. The van der Waals surface area contributed by atoms with E-state index >= 15 is 0 Å². The monoisotopic (exact) mass is 375 g/mol. The van der Waals surface area contributed by atoms with Crippen LogP contribution in [0.25, 0.3) is 0 Å². The number of benzene rings is 3. The van der Waals surface area contributed by atoms with Gasteiger partial charge in [0.2, 0.25) is 0 Å². The third kappa shape index (κ3) is 5.77. The molecule has 0 bridgehead atoms. The maximum atomic E-state index is 10.4. The molecule has 3 nitrogen and oxygen atoms in total. The van der Waals surface area contributed by atoms with Gasteiger partial charge in [-0.3, -0.25) is 0 Å². The fourth-order valence-electron chi connectivity index (χ4n) is 3.19. The van der Waals surface area contributed by atoms with Crippen LogP contribution in [0.4, 0.5) is 0 Å². The van der Waals surface area contributed by atoms with Crippen LogP contribution in [0.5, 0.6) is 0 Å². The Morgan fingerprint density at radius 2 is 1.32 bits per heavy atom. The Bertz CT molecular complexity index is 818. The molecule has 0 fully saturated rings.